The van der Waals surface area contributed by atoms with E-state index in [9.17, 15) is 0 Å². The number of aromatic nitrogens is 3. The fourth-order valence-corrected chi connectivity index (χ4v) is 6.79. The van der Waals surface area contributed by atoms with E-state index >= 15 is 0 Å². The van der Waals surface area contributed by atoms with Crippen LogP contribution in [0.2, 0.25) is 0 Å². The van der Waals surface area contributed by atoms with Gasteiger partial charge in [-0.3, -0.25) is 0 Å². The Labute approximate surface area is 294 Å². The molecule has 4 heterocycles. The van der Waals surface area contributed by atoms with E-state index < -0.39 is 0 Å². The molecule has 3 aromatic heterocycles. The molecule has 0 saturated heterocycles. The van der Waals surface area contributed by atoms with Gasteiger partial charge in [-0.1, -0.05) is 68.6 Å². The van der Waals surface area contributed by atoms with Gasteiger partial charge in [0.2, 0.25) is 0 Å². The van der Waals surface area contributed by atoms with Crippen molar-refractivity contribution >= 4 is 0 Å². The third-order valence-corrected chi connectivity index (χ3v) is 9.68. The number of nitrogens with zero attached hydrogens (tertiary/aromatic N) is 3. The molecule has 0 spiro atoms. The lowest BCUT2D eigenvalue weighted by Crippen LogP contribution is -2.33. The van der Waals surface area contributed by atoms with Crippen molar-refractivity contribution < 1.29 is 13.7 Å². The Balaban J connectivity index is 1.20. The maximum atomic E-state index is 2.41. The SMILES string of the molecule is C1=CCCc2ccc[n+](c2)CCCCCCC=CCC[n+]2cccc(c2)CCCCCCC=CCC[n+]2cccc(c2)CCCCCC1. The molecular weight excluding hydrogens is 583 g/mol. The van der Waals surface area contributed by atoms with Crippen molar-refractivity contribution in [3.8, 4) is 0 Å². The number of hydrogen-bond donors (Lipinski definition) is 0. The molecule has 48 heavy (non-hydrogen) atoms. The van der Waals surface area contributed by atoms with Crippen LogP contribution in [-0.2, 0) is 38.9 Å². The van der Waals surface area contributed by atoms with E-state index in [1.165, 1.54) is 126 Å². The molecule has 258 valence electrons. The van der Waals surface area contributed by atoms with Gasteiger partial charge < -0.3 is 0 Å². The van der Waals surface area contributed by atoms with Crippen molar-refractivity contribution in [2.45, 2.75) is 154 Å². The van der Waals surface area contributed by atoms with E-state index in [0.717, 1.165) is 45.3 Å². The van der Waals surface area contributed by atoms with E-state index in [0.29, 0.717) is 0 Å². The van der Waals surface area contributed by atoms with Crippen molar-refractivity contribution in [3.63, 3.8) is 0 Å². The third-order valence-electron chi connectivity index (χ3n) is 9.68. The number of fused-ring (bicyclic) bond motifs is 6. The Hall–Kier alpha value is -3.33. The second-order valence-corrected chi connectivity index (χ2v) is 14.0. The number of rotatable bonds is 0. The molecule has 0 fully saturated rings. The Morgan fingerprint density at radius 1 is 0.312 bits per heavy atom. The lowest BCUT2D eigenvalue weighted by Gasteiger charge is -2.02. The summed E-state index contributed by atoms with van der Waals surface area (Å²) >= 11 is 0. The average Bonchev–Trinajstić information content (AvgIpc) is 3.11. The first-order valence-electron chi connectivity index (χ1n) is 19.7. The van der Waals surface area contributed by atoms with Crippen LogP contribution in [0.25, 0.3) is 0 Å². The van der Waals surface area contributed by atoms with Gasteiger partial charge in [0.15, 0.2) is 50.3 Å². The standard InChI is InChI=1S/C45H66N3/c1-2-8-14-20-29-44-32-26-38-47(41-44)35-23-17-11-5-6-12-18-24-36-48-39-27-33-45(42-48)30-21-15-9-3-4-10-16-22-34-46-37-25-31-43(40-46)28-19-13-7-1/h8,10,12,14,16,18,25-27,31-33,37-42H,1-7,9,11,13,15,17,19-24,28-30,34-36H2/q+3. The Morgan fingerprint density at radius 3 is 1.19 bits per heavy atom. The van der Waals surface area contributed by atoms with E-state index in [-0.39, 0.29) is 0 Å². The lowest BCUT2D eigenvalue weighted by molar-refractivity contribution is -0.697. The van der Waals surface area contributed by atoms with Gasteiger partial charge in [0, 0.05) is 54.2 Å². The highest BCUT2D eigenvalue weighted by molar-refractivity contribution is 5.07. The summed E-state index contributed by atoms with van der Waals surface area (Å²) in [5.41, 5.74) is 4.42. The zero-order valence-corrected chi connectivity index (χ0v) is 30.2. The lowest BCUT2D eigenvalue weighted by atomic mass is 10.1. The van der Waals surface area contributed by atoms with Crippen LogP contribution in [0.5, 0.6) is 0 Å². The molecule has 0 amide bonds. The Morgan fingerprint density at radius 2 is 0.688 bits per heavy atom. The van der Waals surface area contributed by atoms with Crippen molar-refractivity contribution in [1.82, 2.24) is 0 Å². The highest BCUT2D eigenvalue weighted by atomic mass is 14.9. The molecule has 0 unspecified atom stereocenters. The summed E-state index contributed by atoms with van der Waals surface area (Å²) in [6, 6.07) is 13.6. The summed E-state index contributed by atoms with van der Waals surface area (Å²) in [5, 5.41) is 0. The number of allylic oxidation sites excluding steroid dienone is 6. The molecule has 0 aromatic carbocycles. The van der Waals surface area contributed by atoms with Gasteiger partial charge in [0.25, 0.3) is 0 Å². The summed E-state index contributed by atoms with van der Waals surface area (Å²) in [4.78, 5) is 0. The Bertz CT molecular complexity index is 1190. The van der Waals surface area contributed by atoms with E-state index in [1.54, 1.807) is 0 Å². The number of aryl methyl sites for hydroxylation is 6. The summed E-state index contributed by atoms with van der Waals surface area (Å²) in [7, 11) is 0. The van der Waals surface area contributed by atoms with Crippen molar-refractivity contribution in [2.75, 3.05) is 0 Å². The van der Waals surface area contributed by atoms with Crippen LogP contribution in [0.4, 0.5) is 0 Å². The molecule has 0 aliphatic carbocycles. The average molecular weight is 649 g/mol. The van der Waals surface area contributed by atoms with E-state index in [1.807, 2.05) is 0 Å². The normalized spacial score (nSPS) is 18.2. The molecule has 3 aromatic rings. The monoisotopic (exact) mass is 649 g/mol. The minimum Gasteiger partial charge on any atom is -0.205 e. The first-order chi connectivity index (χ1) is 23.8. The minimum atomic E-state index is 1.08. The van der Waals surface area contributed by atoms with Crippen LogP contribution in [-0.4, -0.2) is 0 Å². The first-order valence-corrected chi connectivity index (χ1v) is 19.7. The molecule has 3 nitrogen and oxygen atoms in total. The quantitative estimate of drug-likeness (QED) is 0.170. The number of hydrogen-bond acceptors (Lipinski definition) is 0. The molecular formula is C45H66N3+3. The van der Waals surface area contributed by atoms with Gasteiger partial charge in [-0.2, -0.15) is 0 Å². The molecule has 0 N–H and O–H groups in total. The van der Waals surface area contributed by atoms with Gasteiger partial charge in [-0.25, -0.2) is 13.7 Å². The molecule has 6 bridgehead atoms. The van der Waals surface area contributed by atoms with E-state index in [4.69, 9.17) is 0 Å². The van der Waals surface area contributed by atoms with Crippen molar-refractivity contribution in [1.29, 1.82) is 0 Å². The molecule has 3 heteroatoms. The van der Waals surface area contributed by atoms with Crippen LogP contribution < -0.4 is 13.7 Å². The highest BCUT2D eigenvalue weighted by Crippen LogP contribution is 2.11. The fourth-order valence-electron chi connectivity index (χ4n) is 6.79. The molecule has 0 radical (unpaired) electrons. The zero-order valence-electron chi connectivity index (χ0n) is 30.2. The maximum Gasteiger partial charge on any atom is 0.171 e. The van der Waals surface area contributed by atoms with Gasteiger partial charge in [-0.15, -0.1) is 0 Å². The highest BCUT2D eigenvalue weighted by Gasteiger charge is 2.05. The summed E-state index contributed by atoms with van der Waals surface area (Å²) < 4.78 is 7.15. The van der Waals surface area contributed by atoms with E-state index in [2.05, 4.69) is 124 Å². The predicted octanol–water partition coefficient (Wildman–Crippen LogP) is 10.3. The fraction of sp³-hybridized carbons (Fsp3) is 0.533. The molecule has 0 atom stereocenters. The summed E-state index contributed by atoms with van der Waals surface area (Å²) in [6.45, 7) is 3.29. The summed E-state index contributed by atoms with van der Waals surface area (Å²) in [5.74, 6) is 0. The van der Waals surface area contributed by atoms with Crippen LogP contribution in [0.3, 0.4) is 0 Å². The molecule has 4 rings (SSSR count). The number of pyridine rings is 3. The van der Waals surface area contributed by atoms with Crippen LogP contribution in [0, 0.1) is 0 Å². The Kier molecular flexibility index (Phi) is 19.3. The minimum absolute atomic E-state index is 1.08. The molecule has 1 aliphatic rings. The van der Waals surface area contributed by atoms with Gasteiger partial charge in [-0.05, 0) is 102 Å². The van der Waals surface area contributed by atoms with Crippen LogP contribution in [0.15, 0.2) is 110 Å². The third kappa shape index (κ3) is 17.2. The topological polar surface area (TPSA) is 11.6 Å². The molecule has 1 aliphatic heterocycles. The summed E-state index contributed by atoms with van der Waals surface area (Å²) in [6.07, 6.45) is 54.6. The van der Waals surface area contributed by atoms with Crippen molar-refractivity contribution in [2.24, 2.45) is 0 Å². The zero-order chi connectivity index (χ0) is 33.2. The largest absolute Gasteiger partial charge is 0.205 e. The van der Waals surface area contributed by atoms with Crippen LogP contribution >= 0.6 is 0 Å². The maximum absolute atomic E-state index is 2.41. The van der Waals surface area contributed by atoms with Crippen LogP contribution in [0.1, 0.15) is 132 Å². The first kappa shape index (κ1) is 37.5. The smallest absolute Gasteiger partial charge is 0.171 e. The molecule has 0 saturated carbocycles. The van der Waals surface area contributed by atoms with Gasteiger partial charge in [0.1, 0.15) is 6.54 Å². The van der Waals surface area contributed by atoms with Gasteiger partial charge in [0.05, 0.1) is 0 Å². The second kappa shape index (κ2) is 24.8. The predicted molar refractivity (Wildman–Crippen MR) is 202 cm³/mol. The van der Waals surface area contributed by atoms with Gasteiger partial charge >= 0.3 is 0 Å². The van der Waals surface area contributed by atoms with Crippen molar-refractivity contribution in [3.05, 3.63) is 127 Å². The second-order valence-electron chi connectivity index (χ2n) is 14.0.